The molecule has 2 fully saturated rings. The van der Waals surface area contributed by atoms with Gasteiger partial charge < -0.3 is 15.4 Å². The Balaban J connectivity index is 1.58. The lowest BCUT2D eigenvalue weighted by Crippen LogP contribution is -2.42. The van der Waals surface area contributed by atoms with Gasteiger partial charge in [0.05, 0.1) is 12.6 Å². The van der Waals surface area contributed by atoms with Crippen molar-refractivity contribution in [1.82, 2.24) is 10.6 Å². The molecule has 4 heteroatoms. The average molecular weight is 268 g/mol. The fourth-order valence-electron chi connectivity index (χ4n) is 3.27. The van der Waals surface area contributed by atoms with Crippen molar-refractivity contribution in [3.63, 3.8) is 0 Å². The third kappa shape index (κ3) is 4.77. The Morgan fingerprint density at radius 3 is 2.74 bits per heavy atom. The summed E-state index contributed by atoms with van der Waals surface area (Å²) < 4.78 is 5.65. The van der Waals surface area contributed by atoms with Crippen molar-refractivity contribution in [2.24, 2.45) is 5.92 Å². The van der Waals surface area contributed by atoms with Gasteiger partial charge in [-0.05, 0) is 31.6 Å². The number of carbonyl (C=O) groups excluding carboxylic acids is 1. The maximum absolute atomic E-state index is 11.8. The van der Waals surface area contributed by atoms with Crippen molar-refractivity contribution >= 4 is 5.91 Å². The number of ether oxygens (including phenoxy) is 1. The zero-order valence-electron chi connectivity index (χ0n) is 12.1. The highest BCUT2D eigenvalue weighted by Gasteiger charge is 2.26. The number of amides is 1. The molecule has 1 aliphatic heterocycles. The molecule has 19 heavy (non-hydrogen) atoms. The molecule has 2 N–H and O–H groups in total. The first kappa shape index (κ1) is 14.8. The van der Waals surface area contributed by atoms with Crippen LogP contribution in [0.15, 0.2) is 0 Å². The zero-order chi connectivity index (χ0) is 13.5. The van der Waals surface area contributed by atoms with E-state index >= 15 is 0 Å². The Morgan fingerprint density at radius 2 is 2.00 bits per heavy atom. The first-order valence-electron chi connectivity index (χ1n) is 7.91. The molecule has 1 saturated heterocycles. The summed E-state index contributed by atoms with van der Waals surface area (Å²) in [6, 6.07) is 0.418. The molecule has 2 aliphatic rings. The van der Waals surface area contributed by atoms with Crippen LogP contribution in [-0.2, 0) is 9.53 Å². The summed E-state index contributed by atoms with van der Waals surface area (Å²) in [5.74, 6) is 0.728. The maximum atomic E-state index is 11.8. The molecule has 0 radical (unpaired) electrons. The Morgan fingerprint density at radius 1 is 1.21 bits per heavy atom. The Hall–Kier alpha value is -0.610. The molecule has 0 aromatic heterocycles. The molecule has 2 rings (SSSR count). The summed E-state index contributed by atoms with van der Waals surface area (Å²) in [5.41, 5.74) is 0. The molecule has 1 amide bonds. The number of rotatable bonds is 6. The maximum Gasteiger partial charge on any atom is 0.234 e. The van der Waals surface area contributed by atoms with E-state index in [0.717, 1.165) is 38.8 Å². The van der Waals surface area contributed by atoms with Crippen molar-refractivity contribution < 1.29 is 9.53 Å². The summed E-state index contributed by atoms with van der Waals surface area (Å²) in [7, 11) is 0. The van der Waals surface area contributed by atoms with Crippen LogP contribution in [0.1, 0.15) is 51.9 Å². The summed E-state index contributed by atoms with van der Waals surface area (Å²) in [6.45, 7) is 4.39. The van der Waals surface area contributed by atoms with E-state index in [-0.39, 0.29) is 5.91 Å². The molecule has 0 bridgehead atoms. The van der Waals surface area contributed by atoms with E-state index in [4.69, 9.17) is 4.74 Å². The van der Waals surface area contributed by atoms with E-state index in [1.807, 2.05) is 0 Å². The standard InChI is InChI=1S/C15H28N2O2/c1-2-14-12(8-9-19-14)10-16-11-15(18)17-13-6-4-3-5-7-13/h12-14,16H,2-11H2,1H3,(H,17,18). The molecule has 2 atom stereocenters. The first-order chi connectivity index (χ1) is 9.29. The van der Waals surface area contributed by atoms with Crippen molar-refractivity contribution in [3.8, 4) is 0 Å². The highest BCUT2D eigenvalue weighted by atomic mass is 16.5. The third-order valence-corrected chi connectivity index (χ3v) is 4.41. The van der Waals surface area contributed by atoms with Crippen LogP contribution in [0.3, 0.4) is 0 Å². The fraction of sp³-hybridized carbons (Fsp3) is 0.933. The van der Waals surface area contributed by atoms with Gasteiger partial charge in [0.15, 0.2) is 0 Å². The van der Waals surface area contributed by atoms with E-state index in [1.54, 1.807) is 0 Å². The van der Waals surface area contributed by atoms with Crippen molar-refractivity contribution in [3.05, 3.63) is 0 Å². The van der Waals surface area contributed by atoms with Gasteiger partial charge >= 0.3 is 0 Å². The lowest BCUT2D eigenvalue weighted by Gasteiger charge is -2.23. The monoisotopic (exact) mass is 268 g/mol. The van der Waals surface area contributed by atoms with Gasteiger partial charge in [-0.15, -0.1) is 0 Å². The average Bonchev–Trinajstić information content (AvgIpc) is 2.87. The van der Waals surface area contributed by atoms with Crippen LogP contribution >= 0.6 is 0 Å². The molecular formula is C15H28N2O2. The normalized spacial score (nSPS) is 28.5. The highest BCUT2D eigenvalue weighted by Crippen LogP contribution is 2.22. The third-order valence-electron chi connectivity index (χ3n) is 4.41. The van der Waals surface area contributed by atoms with Gasteiger partial charge in [0.25, 0.3) is 0 Å². The minimum absolute atomic E-state index is 0.152. The molecule has 110 valence electrons. The van der Waals surface area contributed by atoms with Crippen LogP contribution in [0.4, 0.5) is 0 Å². The molecule has 1 saturated carbocycles. The van der Waals surface area contributed by atoms with Crippen LogP contribution in [0.25, 0.3) is 0 Å². The van der Waals surface area contributed by atoms with E-state index in [2.05, 4.69) is 17.6 Å². The summed E-state index contributed by atoms with van der Waals surface area (Å²) in [5, 5.41) is 6.43. The van der Waals surface area contributed by atoms with Crippen LogP contribution in [0.2, 0.25) is 0 Å². The van der Waals surface area contributed by atoms with Crippen LogP contribution in [0, 0.1) is 5.92 Å². The van der Waals surface area contributed by atoms with Crippen molar-refractivity contribution in [2.75, 3.05) is 19.7 Å². The lowest BCUT2D eigenvalue weighted by atomic mass is 9.95. The Labute approximate surface area is 116 Å². The number of nitrogens with one attached hydrogen (secondary N) is 2. The van der Waals surface area contributed by atoms with Gasteiger partial charge in [-0.3, -0.25) is 4.79 Å². The smallest absolute Gasteiger partial charge is 0.234 e. The van der Waals surface area contributed by atoms with Gasteiger partial charge in [-0.2, -0.15) is 0 Å². The number of carbonyl (C=O) groups is 1. The molecule has 0 spiro atoms. The molecular weight excluding hydrogens is 240 g/mol. The van der Waals surface area contributed by atoms with E-state index in [9.17, 15) is 4.79 Å². The SMILES string of the molecule is CCC1OCCC1CNCC(=O)NC1CCCCC1. The summed E-state index contributed by atoms with van der Waals surface area (Å²) in [4.78, 5) is 11.8. The van der Waals surface area contributed by atoms with E-state index < -0.39 is 0 Å². The molecule has 1 aliphatic carbocycles. The second kappa shape index (κ2) is 7.85. The minimum Gasteiger partial charge on any atom is -0.378 e. The molecule has 1 heterocycles. The van der Waals surface area contributed by atoms with Crippen LogP contribution in [0.5, 0.6) is 0 Å². The highest BCUT2D eigenvalue weighted by molar-refractivity contribution is 5.78. The molecule has 0 aromatic carbocycles. The van der Waals surface area contributed by atoms with E-state index in [1.165, 1.54) is 19.3 Å². The molecule has 2 unspecified atom stereocenters. The van der Waals surface area contributed by atoms with E-state index in [0.29, 0.717) is 24.6 Å². The first-order valence-corrected chi connectivity index (χ1v) is 7.91. The van der Waals surface area contributed by atoms with Gasteiger partial charge in [0, 0.05) is 19.2 Å². The second-order valence-corrected chi connectivity index (χ2v) is 5.90. The van der Waals surface area contributed by atoms with Crippen molar-refractivity contribution in [1.29, 1.82) is 0 Å². The summed E-state index contributed by atoms with van der Waals surface area (Å²) in [6.07, 6.45) is 8.72. The van der Waals surface area contributed by atoms with Gasteiger partial charge in [-0.25, -0.2) is 0 Å². The zero-order valence-corrected chi connectivity index (χ0v) is 12.1. The predicted octanol–water partition coefficient (Wildman–Crippen LogP) is 1.84. The Kier molecular flexibility index (Phi) is 6.11. The van der Waals surface area contributed by atoms with Gasteiger partial charge in [0.2, 0.25) is 5.91 Å². The topological polar surface area (TPSA) is 50.4 Å². The van der Waals surface area contributed by atoms with Crippen molar-refractivity contribution in [2.45, 2.75) is 64.0 Å². The lowest BCUT2D eigenvalue weighted by molar-refractivity contribution is -0.121. The second-order valence-electron chi connectivity index (χ2n) is 5.90. The number of hydrogen-bond donors (Lipinski definition) is 2. The minimum atomic E-state index is 0.152. The predicted molar refractivity (Wildman–Crippen MR) is 76.0 cm³/mol. The number of hydrogen-bond acceptors (Lipinski definition) is 3. The van der Waals surface area contributed by atoms with Crippen LogP contribution < -0.4 is 10.6 Å². The van der Waals surface area contributed by atoms with Gasteiger partial charge in [0.1, 0.15) is 0 Å². The molecule has 4 nitrogen and oxygen atoms in total. The van der Waals surface area contributed by atoms with Crippen LogP contribution in [-0.4, -0.2) is 37.7 Å². The summed E-state index contributed by atoms with van der Waals surface area (Å²) >= 11 is 0. The Bertz CT molecular complexity index is 277. The quantitative estimate of drug-likeness (QED) is 0.773. The van der Waals surface area contributed by atoms with Gasteiger partial charge in [-0.1, -0.05) is 26.2 Å². The largest absolute Gasteiger partial charge is 0.378 e. The fourth-order valence-corrected chi connectivity index (χ4v) is 3.27. The molecule has 0 aromatic rings.